The van der Waals surface area contributed by atoms with Crippen molar-refractivity contribution >= 4 is 29.5 Å². The predicted molar refractivity (Wildman–Crippen MR) is 119 cm³/mol. The maximum absolute atomic E-state index is 12.0. The smallest absolute Gasteiger partial charge is 0.411 e. The van der Waals surface area contributed by atoms with Gasteiger partial charge < -0.3 is 24.4 Å². The summed E-state index contributed by atoms with van der Waals surface area (Å²) in [4.78, 5) is 39.4. The molecule has 0 atom stereocenters. The van der Waals surface area contributed by atoms with Gasteiger partial charge in [0.1, 0.15) is 0 Å². The molecule has 31 heavy (non-hydrogen) atoms. The summed E-state index contributed by atoms with van der Waals surface area (Å²) in [7, 11) is 7.87. The summed E-state index contributed by atoms with van der Waals surface area (Å²) in [5.41, 5.74) is 0.295. The zero-order valence-electron chi connectivity index (χ0n) is 18.8. The molecule has 10 heteroatoms. The average Bonchev–Trinajstić information content (AvgIpc) is 2.66. The van der Waals surface area contributed by atoms with Gasteiger partial charge in [-0.05, 0) is 85.2 Å². The molecule has 0 saturated heterocycles. The molecule has 1 rings (SSSR count). The van der Waals surface area contributed by atoms with Crippen molar-refractivity contribution < 1.29 is 29.0 Å². The first kappa shape index (κ1) is 26.2. The normalized spacial score (nSPS) is 10.8. The van der Waals surface area contributed by atoms with Crippen molar-refractivity contribution in [1.82, 2.24) is 9.80 Å². The molecule has 0 aromatic heterocycles. The number of nitrogens with zero attached hydrogens (tertiary/aromatic N) is 2. The molecule has 1 aromatic rings. The first-order valence-electron chi connectivity index (χ1n) is 10.2. The molecule has 0 radical (unpaired) electrons. The Morgan fingerprint density at radius 2 is 1.19 bits per heavy atom. The van der Waals surface area contributed by atoms with Crippen molar-refractivity contribution in [2.75, 3.05) is 65.1 Å². The largest absolute Gasteiger partial charge is 0.478 e. The standard InChI is InChI=1S/C21H34N4O6/c1-24(2)9-5-7-11-30-20(28)22-17-13-16(19(26)27)14-18(15-17)23-21(29)31-12-8-6-10-25(3)4/h13-15H,5-12H2,1-4H3,(H,22,28)(H,23,29)(H,26,27). The molecule has 0 heterocycles. The zero-order chi connectivity index (χ0) is 23.2. The Balaban J connectivity index is 2.57. The van der Waals surface area contributed by atoms with Crippen molar-refractivity contribution in [2.45, 2.75) is 25.7 Å². The molecule has 0 spiro atoms. The number of carbonyl (C=O) groups is 3. The third-order valence-electron chi connectivity index (χ3n) is 4.14. The Hall–Kier alpha value is -2.85. The second-order valence-electron chi connectivity index (χ2n) is 7.65. The maximum atomic E-state index is 12.0. The molecule has 0 unspecified atom stereocenters. The number of nitrogens with one attached hydrogen (secondary N) is 2. The van der Waals surface area contributed by atoms with Crippen LogP contribution < -0.4 is 10.6 Å². The molecular formula is C21H34N4O6. The number of anilines is 2. The number of amides is 2. The fourth-order valence-electron chi connectivity index (χ4n) is 2.59. The Kier molecular flexibility index (Phi) is 12.0. The van der Waals surface area contributed by atoms with E-state index in [9.17, 15) is 19.5 Å². The van der Waals surface area contributed by atoms with E-state index in [0.29, 0.717) is 12.8 Å². The summed E-state index contributed by atoms with van der Waals surface area (Å²) in [5.74, 6) is -1.19. The van der Waals surface area contributed by atoms with Gasteiger partial charge in [-0.1, -0.05) is 0 Å². The zero-order valence-corrected chi connectivity index (χ0v) is 18.8. The topological polar surface area (TPSA) is 120 Å². The summed E-state index contributed by atoms with van der Waals surface area (Å²) in [5, 5.41) is 14.3. The van der Waals surface area contributed by atoms with E-state index < -0.39 is 18.2 Å². The number of rotatable bonds is 13. The van der Waals surface area contributed by atoms with Crippen LogP contribution in [0.4, 0.5) is 21.0 Å². The van der Waals surface area contributed by atoms with E-state index >= 15 is 0 Å². The van der Waals surface area contributed by atoms with E-state index in [2.05, 4.69) is 10.6 Å². The Labute approximate surface area is 183 Å². The van der Waals surface area contributed by atoms with Crippen LogP contribution in [0, 0.1) is 0 Å². The van der Waals surface area contributed by atoms with Crippen LogP contribution in [0.3, 0.4) is 0 Å². The minimum atomic E-state index is -1.19. The average molecular weight is 439 g/mol. The molecule has 2 amide bonds. The highest BCUT2D eigenvalue weighted by Gasteiger charge is 2.12. The summed E-state index contributed by atoms with van der Waals surface area (Å²) in [6, 6.07) is 4.01. The molecule has 3 N–H and O–H groups in total. The van der Waals surface area contributed by atoms with E-state index in [4.69, 9.17) is 9.47 Å². The van der Waals surface area contributed by atoms with Crippen molar-refractivity contribution in [3.63, 3.8) is 0 Å². The Morgan fingerprint density at radius 1 is 0.774 bits per heavy atom. The van der Waals surface area contributed by atoms with Crippen LogP contribution >= 0.6 is 0 Å². The van der Waals surface area contributed by atoms with Crippen LogP contribution in [0.5, 0.6) is 0 Å². The van der Waals surface area contributed by atoms with Crippen LogP contribution in [0.2, 0.25) is 0 Å². The fourth-order valence-corrected chi connectivity index (χ4v) is 2.59. The minimum absolute atomic E-state index is 0.0925. The van der Waals surface area contributed by atoms with Gasteiger partial charge in [-0.3, -0.25) is 10.6 Å². The number of carboxylic acid groups (broad SMARTS) is 1. The summed E-state index contributed by atoms with van der Waals surface area (Å²) in [6.07, 6.45) is 1.82. The van der Waals surface area contributed by atoms with Gasteiger partial charge in [-0.25, -0.2) is 14.4 Å². The SMILES string of the molecule is CN(C)CCCCOC(=O)Nc1cc(NC(=O)OCCCCN(C)C)cc(C(=O)O)c1. The lowest BCUT2D eigenvalue weighted by molar-refractivity contribution is 0.0696. The van der Waals surface area contributed by atoms with Gasteiger partial charge in [0.2, 0.25) is 0 Å². The van der Waals surface area contributed by atoms with Gasteiger partial charge in [0.15, 0.2) is 0 Å². The highest BCUT2D eigenvalue weighted by Crippen LogP contribution is 2.20. The lowest BCUT2D eigenvalue weighted by Gasteiger charge is -2.12. The minimum Gasteiger partial charge on any atom is -0.478 e. The Morgan fingerprint density at radius 3 is 1.55 bits per heavy atom. The first-order valence-corrected chi connectivity index (χ1v) is 10.2. The van der Waals surface area contributed by atoms with Crippen molar-refractivity contribution in [2.24, 2.45) is 0 Å². The van der Waals surface area contributed by atoms with E-state index in [1.807, 2.05) is 38.0 Å². The van der Waals surface area contributed by atoms with Crippen LogP contribution in [-0.2, 0) is 9.47 Å². The number of carbonyl (C=O) groups excluding carboxylic acids is 2. The van der Waals surface area contributed by atoms with Gasteiger partial charge in [0.05, 0.1) is 18.8 Å². The number of hydrogen-bond acceptors (Lipinski definition) is 7. The third kappa shape index (κ3) is 12.4. The second kappa shape index (κ2) is 14.2. The molecule has 0 saturated carbocycles. The van der Waals surface area contributed by atoms with Gasteiger partial charge in [-0.15, -0.1) is 0 Å². The van der Waals surface area contributed by atoms with E-state index in [-0.39, 0.29) is 30.2 Å². The fraction of sp³-hybridized carbons (Fsp3) is 0.571. The van der Waals surface area contributed by atoms with Gasteiger partial charge in [0, 0.05) is 11.4 Å². The number of carboxylic acids is 1. The van der Waals surface area contributed by atoms with Crippen molar-refractivity contribution in [3.05, 3.63) is 23.8 Å². The van der Waals surface area contributed by atoms with Crippen molar-refractivity contribution in [1.29, 1.82) is 0 Å². The van der Waals surface area contributed by atoms with Gasteiger partial charge >= 0.3 is 18.2 Å². The van der Waals surface area contributed by atoms with Crippen LogP contribution in [0.1, 0.15) is 36.0 Å². The maximum Gasteiger partial charge on any atom is 0.411 e. The quantitative estimate of drug-likeness (QED) is 0.402. The molecule has 174 valence electrons. The molecule has 1 aromatic carbocycles. The molecule has 0 aliphatic rings. The monoisotopic (exact) mass is 438 g/mol. The number of unbranched alkanes of at least 4 members (excludes halogenated alkanes) is 2. The summed E-state index contributed by atoms with van der Waals surface area (Å²) in [6.45, 7) is 2.30. The van der Waals surface area contributed by atoms with Crippen LogP contribution in [-0.4, -0.2) is 87.6 Å². The highest BCUT2D eigenvalue weighted by atomic mass is 16.6. The van der Waals surface area contributed by atoms with Crippen LogP contribution in [0.25, 0.3) is 0 Å². The van der Waals surface area contributed by atoms with E-state index in [0.717, 1.165) is 25.9 Å². The molecular weight excluding hydrogens is 404 g/mol. The number of benzene rings is 1. The molecule has 0 fully saturated rings. The van der Waals surface area contributed by atoms with E-state index in [1.54, 1.807) is 0 Å². The van der Waals surface area contributed by atoms with Crippen LogP contribution in [0.15, 0.2) is 18.2 Å². The van der Waals surface area contributed by atoms with Crippen molar-refractivity contribution in [3.8, 4) is 0 Å². The number of hydrogen-bond donors (Lipinski definition) is 3. The Bertz CT molecular complexity index is 674. The molecule has 0 aliphatic carbocycles. The summed E-state index contributed by atoms with van der Waals surface area (Å²) < 4.78 is 10.2. The lowest BCUT2D eigenvalue weighted by Crippen LogP contribution is -2.18. The number of ether oxygens (including phenoxy) is 2. The lowest BCUT2D eigenvalue weighted by atomic mass is 10.1. The van der Waals surface area contributed by atoms with E-state index in [1.165, 1.54) is 18.2 Å². The number of aromatic carboxylic acids is 1. The highest BCUT2D eigenvalue weighted by molar-refractivity contribution is 5.95. The third-order valence-corrected chi connectivity index (χ3v) is 4.14. The second-order valence-corrected chi connectivity index (χ2v) is 7.65. The molecule has 10 nitrogen and oxygen atoms in total. The van der Waals surface area contributed by atoms with Gasteiger partial charge in [-0.2, -0.15) is 0 Å². The van der Waals surface area contributed by atoms with Gasteiger partial charge in [0.25, 0.3) is 0 Å². The first-order chi connectivity index (χ1) is 14.7. The predicted octanol–water partition coefficient (Wildman–Crippen LogP) is 3.17. The molecule has 0 aliphatic heterocycles. The summed E-state index contributed by atoms with van der Waals surface area (Å²) >= 11 is 0. The molecule has 0 bridgehead atoms.